The lowest BCUT2D eigenvalue weighted by Crippen LogP contribution is -2.34. The molecule has 3 rings (SSSR count). The van der Waals surface area contributed by atoms with Crippen molar-refractivity contribution >= 4 is 34.1 Å². The van der Waals surface area contributed by atoms with E-state index < -0.39 is 23.1 Å². The van der Waals surface area contributed by atoms with Crippen molar-refractivity contribution in [3.63, 3.8) is 0 Å². The molecule has 3 N–H and O–H groups in total. The number of hydrogen-bond donors (Lipinski definition) is 2. The quantitative estimate of drug-likeness (QED) is 0.368. The van der Waals surface area contributed by atoms with Gasteiger partial charge in [-0.15, -0.1) is 0 Å². The first-order chi connectivity index (χ1) is 13.4. The summed E-state index contributed by atoms with van der Waals surface area (Å²) >= 11 is 0. The number of carbonyl (C=O) groups excluding carboxylic acids is 2. The minimum absolute atomic E-state index is 0.140. The van der Waals surface area contributed by atoms with E-state index in [1.807, 2.05) is 13.0 Å². The van der Waals surface area contributed by atoms with Crippen LogP contribution in [-0.2, 0) is 20.9 Å². The first-order valence-electron chi connectivity index (χ1n) is 9.75. The second-order valence-corrected chi connectivity index (χ2v) is 7.32. The number of carboxylic acid groups (broad SMARTS) is 1. The smallest absolute Gasteiger partial charge is 0.365 e. The Kier molecular flexibility index (Phi) is 5.45. The molecule has 0 bridgehead atoms. The molecule has 1 aliphatic carbocycles. The summed E-state index contributed by atoms with van der Waals surface area (Å²) in [5.74, 6) is -3.54. The number of rotatable bonds is 10. The van der Waals surface area contributed by atoms with Gasteiger partial charge in [-0.1, -0.05) is 45.1 Å². The normalized spacial score (nSPS) is 15.2. The lowest BCUT2D eigenvalue weighted by molar-refractivity contribution is -0.149. The number of Topliss-reactive ketones (excluding diaryl/α,β-unsaturated/α-hetero) is 2. The number of carbonyl (C=O) groups is 3. The van der Waals surface area contributed by atoms with Gasteiger partial charge in [0.15, 0.2) is 0 Å². The third-order valence-corrected chi connectivity index (χ3v) is 5.44. The van der Waals surface area contributed by atoms with E-state index in [0.29, 0.717) is 11.1 Å². The first kappa shape index (κ1) is 19.9. The highest BCUT2D eigenvalue weighted by molar-refractivity contribution is 6.73. The van der Waals surface area contributed by atoms with Crippen LogP contribution in [-0.4, -0.2) is 32.8 Å². The van der Waals surface area contributed by atoms with Gasteiger partial charge < -0.3 is 20.1 Å². The van der Waals surface area contributed by atoms with E-state index >= 15 is 0 Å². The van der Waals surface area contributed by atoms with Crippen molar-refractivity contribution in [2.75, 3.05) is 5.73 Å². The largest absolute Gasteiger partial charge is 0.478 e. The summed E-state index contributed by atoms with van der Waals surface area (Å²) in [5.41, 5.74) is 5.99. The van der Waals surface area contributed by atoms with Gasteiger partial charge in [-0.25, -0.2) is 4.79 Å². The second kappa shape index (κ2) is 7.66. The summed E-state index contributed by atoms with van der Waals surface area (Å²) < 4.78 is 7.52. The maximum Gasteiger partial charge on any atom is 0.365 e. The van der Waals surface area contributed by atoms with Gasteiger partial charge in [0.1, 0.15) is 5.75 Å². The van der Waals surface area contributed by atoms with Crippen LogP contribution in [0, 0.1) is 6.92 Å². The van der Waals surface area contributed by atoms with E-state index in [4.69, 9.17) is 10.5 Å². The lowest BCUT2D eigenvalue weighted by atomic mass is 10.1. The molecular weight excluding hydrogens is 360 g/mol. The average molecular weight is 386 g/mol. The fourth-order valence-electron chi connectivity index (χ4n) is 3.66. The Morgan fingerprint density at radius 2 is 1.79 bits per heavy atom. The first-order valence-corrected chi connectivity index (χ1v) is 9.75. The van der Waals surface area contributed by atoms with Gasteiger partial charge in [-0.3, -0.25) is 9.59 Å². The number of aromatic nitrogens is 1. The van der Waals surface area contributed by atoms with Crippen molar-refractivity contribution in [2.24, 2.45) is 0 Å². The van der Waals surface area contributed by atoms with Crippen molar-refractivity contribution in [3.05, 3.63) is 23.9 Å². The van der Waals surface area contributed by atoms with E-state index in [-0.39, 0.29) is 5.75 Å². The van der Waals surface area contributed by atoms with Crippen LogP contribution in [0.1, 0.15) is 51.1 Å². The molecule has 0 radical (unpaired) electrons. The number of ether oxygens (including phenoxy) is 1. The molecule has 1 heterocycles. The van der Waals surface area contributed by atoms with Crippen molar-refractivity contribution < 1.29 is 24.2 Å². The number of aliphatic carboxylic acids is 1. The van der Waals surface area contributed by atoms with Crippen LogP contribution in [0.5, 0.6) is 5.75 Å². The number of nitrogens with two attached hydrogens (primary N) is 1. The van der Waals surface area contributed by atoms with E-state index in [1.165, 1.54) is 31.7 Å². The number of aryl methyl sites for hydroxylation is 1. The van der Waals surface area contributed by atoms with E-state index in [2.05, 4.69) is 11.5 Å². The van der Waals surface area contributed by atoms with Crippen molar-refractivity contribution in [3.8, 4) is 5.75 Å². The SMILES string of the molecule is CCCCCCCCn1c(C)c(N)c2c(OC3(C(=O)O)C(=O)C3=O)cccc21. The molecule has 1 aromatic carbocycles. The van der Waals surface area contributed by atoms with Gasteiger partial charge in [0.25, 0.3) is 11.6 Å². The third kappa shape index (κ3) is 3.15. The van der Waals surface area contributed by atoms with Gasteiger partial charge in [0.05, 0.1) is 16.6 Å². The maximum absolute atomic E-state index is 11.6. The number of carboxylic acids is 1. The molecule has 1 fully saturated rings. The van der Waals surface area contributed by atoms with Crippen LogP contribution < -0.4 is 10.5 Å². The fraction of sp³-hybridized carbons (Fsp3) is 0.476. The van der Waals surface area contributed by atoms with Gasteiger partial charge in [-0.05, 0) is 25.5 Å². The third-order valence-electron chi connectivity index (χ3n) is 5.44. The van der Waals surface area contributed by atoms with Gasteiger partial charge in [0, 0.05) is 12.2 Å². The zero-order valence-electron chi connectivity index (χ0n) is 16.3. The van der Waals surface area contributed by atoms with Crippen molar-refractivity contribution in [2.45, 2.75) is 64.5 Å². The maximum atomic E-state index is 11.6. The molecule has 2 aromatic rings. The van der Waals surface area contributed by atoms with Crippen LogP contribution in [0.3, 0.4) is 0 Å². The molecule has 0 spiro atoms. The zero-order chi connectivity index (χ0) is 20.5. The highest BCUT2D eigenvalue weighted by Crippen LogP contribution is 2.40. The Bertz CT molecular complexity index is 930. The number of ketones is 2. The van der Waals surface area contributed by atoms with Crippen molar-refractivity contribution in [1.29, 1.82) is 0 Å². The molecule has 0 amide bonds. The highest BCUT2D eigenvalue weighted by Gasteiger charge is 2.75. The van der Waals surface area contributed by atoms with Crippen LogP contribution in [0.15, 0.2) is 18.2 Å². The Hall–Kier alpha value is -2.83. The zero-order valence-corrected chi connectivity index (χ0v) is 16.3. The summed E-state index contributed by atoms with van der Waals surface area (Å²) in [6.07, 6.45) is 7.03. The monoisotopic (exact) mass is 386 g/mol. The van der Waals surface area contributed by atoms with E-state index in [9.17, 15) is 19.5 Å². The standard InChI is InChI=1S/C21H26N2O5/c1-3-4-5-6-7-8-12-23-13(2)17(22)16-14(23)10-9-11-15(16)28-21(20(26)27)18(24)19(21)25/h9-11H,3-8,12,22H2,1-2H3,(H,26,27). The molecule has 150 valence electrons. The average Bonchev–Trinajstić information content (AvgIpc) is 3.09. The van der Waals surface area contributed by atoms with Crippen LogP contribution in [0.4, 0.5) is 5.69 Å². The molecule has 0 saturated heterocycles. The predicted octanol–water partition coefficient (Wildman–Crippen LogP) is 3.25. The Morgan fingerprint density at radius 3 is 2.39 bits per heavy atom. The van der Waals surface area contributed by atoms with Crippen LogP contribution in [0.2, 0.25) is 0 Å². The minimum atomic E-state index is -2.42. The van der Waals surface area contributed by atoms with E-state index in [1.54, 1.807) is 6.07 Å². The molecule has 28 heavy (non-hydrogen) atoms. The number of fused-ring (bicyclic) bond motifs is 1. The summed E-state index contributed by atoms with van der Waals surface area (Å²) in [6.45, 7) is 4.88. The second-order valence-electron chi connectivity index (χ2n) is 7.32. The van der Waals surface area contributed by atoms with Gasteiger partial charge in [-0.2, -0.15) is 0 Å². The molecular formula is C21H26N2O5. The fourth-order valence-corrected chi connectivity index (χ4v) is 3.66. The van der Waals surface area contributed by atoms with Gasteiger partial charge >= 0.3 is 11.6 Å². The molecule has 7 nitrogen and oxygen atoms in total. The molecule has 1 saturated carbocycles. The number of anilines is 1. The number of benzene rings is 1. The Labute approximate surface area is 163 Å². The molecule has 0 atom stereocenters. The highest BCUT2D eigenvalue weighted by atomic mass is 16.6. The van der Waals surface area contributed by atoms with E-state index in [0.717, 1.165) is 30.6 Å². The summed E-state index contributed by atoms with van der Waals surface area (Å²) in [7, 11) is 0. The summed E-state index contributed by atoms with van der Waals surface area (Å²) in [4.78, 5) is 34.7. The Morgan fingerprint density at radius 1 is 1.14 bits per heavy atom. The summed E-state index contributed by atoms with van der Waals surface area (Å²) in [5, 5.41) is 9.85. The molecule has 0 unspecified atom stereocenters. The number of nitrogens with zero attached hydrogens (tertiary/aromatic N) is 1. The van der Waals surface area contributed by atoms with Gasteiger partial charge in [0.2, 0.25) is 0 Å². The molecule has 7 heteroatoms. The number of nitrogen functional groups attached to an aromatic ring is 1. The van der Waals surface area contributed by atoms with Crippen LogP contribution >= 0.6 is 0 Å². The molecule has 0 aliphatic heterocycles. The molecule has 1 aromatic heterocycles. The van der Waals surface area contributed by atoms with Crippen LogP contribution in [0.25, 0.3) is 10.9 Å². The number of hydrogen-bond acceptors (Lipinski definition) is 5. The minimum Gasteiger partial charge on any atom is -0.478 e. The van der Waals surface area contributed by atoms with Crippen molar-refractivity contribution in [1.82, 2.24) is 4.57 Å². The topological polar surface area (TPSA) is 112 Å². The molecule has 1 aliphatic rings. The predicted molar refractivity (Wildman–Crippen MR) is 105 cm³/mol. The number of unbranched alkanes of at least 4 members (excludes halogenated alkanes) is 5. The summed E-state index contributed by atoms with van der Waals surface area (Å²) in [6, 6.07) is 5.13. The Balaban J connectivity index is 1.86. The lowest BCUT2D eigenvalue weighted by Gasteiger charge is -2.12.